The second-order valence-corrected chi connectivity index (χ2v) is 7.04. The Morgan fingerprint density at radius 1 is 1.53 bits per heavy atom. The summed E-state index contributed by atoms with van der Waals surface area (Å²) < 4.78 is 0. The lowest BCUT2D eigenvalue weighted by atomic mass is 10.2. The van der Waals surface area contributed by atoms with Crippen molar-refractivity contribution < 1.29 is 4.79 Å². The quantitative estimate of drug-likeness (QED) is 0.835. The lowest BCUT2D eigenvalue weighted by Gasteiger charge is -2.21. The van der Waals surface area contributed by atoms with E-state index in [-0.39, 0.29) is 5.91 Å². The first-order valence-corrected chi connectivity index (χ1v) is 8.60. The largest absolute Gasteiger partial charge is 0.373 e. The second kappa shape index (κ2) is 7.26. The zero-order valence-electron chi connectivity index (χ0n) is 10.6. The van der Waals surface area contributed by atoms with Crippen LogP contribution in [-0.2, 0) is 0 Å². The van der Waals surface area contributed by atoms with Crippen LogP contribution in [0.5, 0.6) is 0 Å². The maximum Gasteiger partial charge on any atom is 0.251 e. The molecule has 0 saturated carbocycles. The van der Waals surface area contributed by atoms with E-state index in [1.54, 1.807) is 19.2 Å². The van der Waals surface area contributed by atoms with E-state index in [2.05, 4.69) is 15.6 Å². The van der Waals surface area contributed by atoms with Crippen molar-refractivity contribution in [3.63, 3.8) is 0 Å². The van der Waals surface area contributed by atoms with Crippen molar-refractivity contribution in [3.8, 4) is 0 Å². The van der Waals surface area contributed by atoms with Gasteiger partial charge in [-0.1, -0.05) is 11.6 Å². The Hall–Kier alpha value is -0.590. The Bertz CT molecular complexity index is 453. The van der Waals surface area contributed by atoms with E-state index in [1.807, 2.05) is 23.5 Å². The third-order valence-corrected chi connectivity index (χ3v) is 5.73. The van der Waals surface area contributed by atoms with E-state index in [1.165, 1.54) is 5.75 Å². The molecule has 1 amide bonds. The van der Waals surface area contributed by atoms with Crippen LogP contribution < -0.4 is 10.6 Å². The van der Waals surface area contributed by atoms with Crippen molar-refractivity contribution in [2.24, 2.45) is 0 Å². The highest BCUT2D eigenvalue weighted by Crippen LogP contribution is 2.23. The number of amides is 1. The normalized spacial score (nSPS) is 18.9. The summed E-state index contributed by atoms with van der Waals surface area (Å²) in [6, 6.07) is 3.28. The summed E-state index contributed by atoms with van der Waals surface area (Å²) in [6.45, 7) is 0.700. The molecule has 1 aliphatic heterocycles. The average Bonchev–Trinajstić information content (AvgIpc) is 2.45. The number of hydrogen-bond acceptors (Lipinski definition) is 5. The molecule has 1 atom stereocenters. The van der Waals surface area contributed by atoms with Gasteiger partial charge in [-0.25, -0.2) is 4.98 Å². The molecule has 0 aliphatic carbocycles. The fourth-order valence-electron chi connectivity index (χ4n) is 1.72. The standard InChI is InChI=1S/C12H16ClN3OS2/c1-14-11-5-8(4-10(13)16-11)12(17)15-6-9-7-18-2-3-19-9/h4-5,9H,2-3,6-7H2,1H3,(H,14,16)(H,15,17). The molecule has 7 heteroatoms. The Kier molecular flexibility index (Phi) is 5.66. The van der Waals surface area contributed by atoms with Crippen LogP contribution in [0.4, 0.5) is 5.82 Å². The van der Waals surface area contributed by atoms with Gasteiger partial charge in [0.1, 0.15) is 11.0 Å². The number of thioether (sulfide) groups is 2. The van der Waals surface area contributed by atoms with Crippen molar-refractivity contribution in [1.82, 2.24) is 10.3 Å². The molecule has 0 bridgehead atoms. The predicted molar refractivity (Wildman–Crippen MR) is 84.7 cm³/mol. The molecule has 4 nitrogen and oxygen atoms in total. The lowest BCUT2D eigenvalue weighted by molar-refractivity contribution is 0.0954. The Morgan fingerprint density at radius 3 is 3.05 bits per heavy atom. The molecular weight excluding hydrogens is 302 g/mol. The molecule has 1 aromatic heterocycles. The zero-order valence-corrected chi connectivity index (χ0v) is 13.0. The van der Waals surface area contributed by atoms with Gasteiger partial charge in [0.25, 0.3) is 5.91 Å². The minimum absolute atomic E-state index is 0.100. The van der Waals surface area contributed by atoms with Gasteiger partial charge in [-0.05, 0) is 12.1 Å². The van der Waals surface area contributed by atoms with Crippen LogP contribution in [-0.4, -0.2) is 47.0 Å². The molecule has 1 aliphatic rings. The van der Waals surface area contributed by atoms with Gasteiger partial charge >= 0.3 is 0 Å². The maximum absolute atomic E-state index is 12.1. The summed E-state index contributed by atoms with van der Waals surface area (Å²) in [5.41, 5.74) is 0.540. The number of rotatable bonds is 4. The Labute approximate surface area is 126 Å². The van der Waals surface area contributed by atoms with Gasteiger partial charge in [0, 0.05) is 41.7 Å². The number of anilines is 1. The van der Waals surface area contributed by atoms with E-state index in [0.717, 1.165) is 11.5 Å². The van der Waals surface area contributed by atoms with Crippen LogP contribution in [0, 0.1) is 0 Å². The molecule has 0 spiro atoms. The minimum atomic E-state index is -0.100. The fraction of sp³-hybridized carbons (Fsp3) is 0.500. The maximum atomic E-state index is 12.1. The van der Waals surface area contributed by atoms with Crippen LogP contribution >= 0.6 is 35.1 Å². The van der Waals surface area contributed by atoms with Crippen LogP contribution in [0.2, 0.25) is 5.15 Å². The topological polar surface area (TPSA) is 54.0 Å². The summed E-state index contributed by atoms with van der Waals surface area (Å²) in [5, 5.41) is 6.67. The Morgan fingerprint density at radius 2 is 2.37 bits per heavy atom. The van der Waals surface area contributed by atoms with Gasteiger partial charge in [0.15, 0.2) is 0 Å². The van der Waals surface area contributed by atoms with E-state index in [4.69, 9.17) is 11.6 Å². The van der Waals surface area contributed by atoms with E-state index >= 15 is 0 Å². The van der Waals surface area contributed by atoms with E-state index in [9.17, 15) is 4.79 Å². The van der Waals surface area contributed by atoms with Crippen molar-refractivity contribution in [3.05, 3.63) is 22.8 Å². The smallest absolute Gasteiger partial charge is 0.251 e. The first-order valence-electron chi connectivity index (χ1n) is 6.02. The zero-order chi connectivity index (χ0) is 13.7. The molecular formula is C12H16ClN3OS2. The molecule has 0 radical (unpaired) electrons. The molecule has 1 fully saturated rings. The highest BCUT2D eigenvalue weighted by molar-refractivity contribution is 8.06. The fourth-order valence-corrected chi connectivity index (χ4v) is 4.54. The number of nitrogens with zero attached hydrogens (tertiary/aromatic N) is 1. The van der Waals surface area contributed by atoms with Gasteiger partial charge < -0.3 is 10.6 Å². The molecule has 19 heavy (non-hydrogen) atoms. The SMILES string of the molecule is CNc1cc(C(=O)NCC2CSCCS2)cc(Cl)n1. The van der Waals surface area contributed by atoms with Crippen molar-refractivity contribution in [2.45, 2.75) is 5.25 Å². The second-order valence-electron chi connectivity index (χ2n) is 4.09. The van der Waals surface area contributed by atoms with Gasteiger partial charge in [0.05, 0.1) is 0 Å². The van der Waals surface area contributed by atoms with Gasteiger partial charge in [0.2, 0.25) is 0 Å². The predicted octanol–water partition coefficient (Wildman–Crippen LogP) is 2.36. The summed E-state index contributed by atoms with van der Waals surface area (Å²) in [7, 11) is 1.75. The van der Waals surface area contributed by atoms with Crippen molar-refractivity contribution >= 4 is 46.8 Å². The summed E-state index contributed by atoms with van der Waals surface area (Å²) in [6.07, 6.45) is 0. The summed E-state index contributed by atoms with van der Waals surface area (Å²) in [4.78, 5) is 16.1. The van der Waals surface area contributed by atoms with Crippen molar-refractivity contribution in [1.29, 1.82) is 0 Å². The Balaban J connectivity index is 1.93. The molecule has 1 unspecified atom stereocenters. The van der Waals surface area contributed by atoms with Crippen LogP contribution in [0.3, 0.4) is 0 Å². The highest BCUT2D eigenvalue weighted by atomic mass is 35.5. The average molecular weight is 318 g/mol. The molecule has 1 saturated heterocycles. The van der Waals surface area contributed by atoms with Crippen molar-refractivity contribution in [2.75, 3.05) is 36.2 Å². The minimum Gasteiger partial charge on any atom is -0.373 e. The number of aromatic nitrogens is 1. The van der Waals surface area contributed by atoms with Crippen LogP contribution in [0.1, 0.15) is 10.4 Å². The van der Waals surface area contributed by atoms with Gasteiger partial charge in [-0.15, -0.1) is 0 Å². The lowest BCUT2D eigenvalue weighted by Crippen LogP contribution is -2.33. The number of carbonyl (C=O) groups excluding carboxylic acids is 1. The molecule has 2 rings (SSSR count). The van der Waals surface area contributed by atoms with E-state index < -0.39 is 0 Å². The van der Waals surface area contributed by atoms with Crippen LogP contribution in [0.15, 0.2) is 12.1 Å². The van der Waals surface area contributed by atoms with Gasteiger partial charge in [-0.3, -0.25) is 4.79 Å². The summed E-state index contributed by atoms with van der Waals surface area (Å²) >= 11 is 9.75. The molecule has 2 heterocycles. The third-order valence-electron chi connectivity index (χ3n) is 2.69. The molecule has 2 N–H and O–H groups in total. The number of halogens is 1. The number of pyridine rings is 1. The summed E-state index contributed by atoms with van der Waals surface area (Å²) in [5.74, 6) is 3.97. The number of carbonyl (C=O) groups is 1. The number of nitrogens with one attached hydrogen (secondary N) is 2. The van der Waals surface area contributed by atoms with E-state index in [0.29, 0.717) is 28.3 Å². The first-order chi connectivity index (χ1) is 9.19. The molecule has 1 aromatic rings. The molecule has 104 valence electrons. The highest BCUT2D eigenvalue weighted by Gasteiger charge is 2.16. The number of hydrogen-bond donors (Lipinski definition) is 2. The van der Waals surface area contributed by atoms with Crippen LogP contribution in [0.25, 0.3) is 0 Å². The monoisotopic (exact) mass is 317 g/mol. The molecule has 0 aromatic carbocycles. The third kappa shape index (κ3) is 4.47. The first kappa shape index (κ1) is 14.8. The van der Waals surface area contributed by atoms with Gasteiger partial charge in [-0.2, -0.15) is 23.5 Å².